The van der Waals surface area contributed by atoms with E-state index in [1.807, 2.05) is 0 Å². The third kappa shape index (κ3) is 6.83. The molecule has 2 atom stereocenters. The van der Waals surface area contributed by atoms with E-state index in [0.29, 0.717) is 22.3 Å². The van der Waals surface area contributed by atoms with E-state index in [9.17, 15) is 36.6 Å². The van der Waals surface area contributed by atoms with E-state index >= 15 is 0 Å². The highest BCUT2D eigenvalue weighted by Crippen LogP contribution is 2.38. The molecule has 43 heavy (non-hydrogen) atoms. The first-order valence-electron chi connectivity index (χ1n) is 13.3. The lowest BCUT2D eigenvalue weighted by molar-refractivity contribution is -0.139. The average molecular weight is 621 g/mol. The Morgan fingerprint density at radius 2 is 0.977 bits per heavy atom. The van der Waals surface area contributed by atoms with Crippen molar-refractivity contribution in [2.75, 3.05) is 0 Å². The first-order chi connectivity index (χ1) is 20.4. The van der Waals surface area contributed by atoms with Gasteiger partial charge >= 0.3 is 11.9 Å². The number of carboxylic acids is 2. The highest BCUT2D eigenvalue weighted by Gasteiger charge is 2.30. The lowest BCUT2D eigenvalue weighted by atomic mass is 10.1. The average Bonchev–Trinajstić information content (AvgIpc) is 3.34. The Kier molecular flexibility index (Phi) is 8.47. The number of fused-ring (bicyclic) bond motifs is 3. The third-order valence-electron chi connectivity index (χ3n) is 7.20. The van der Waals surface area contributed by atoms with E-state index in [2.05, 4.69) is 9.44 Å². The molecule has 4 N–H and O–H groups in total. The number of rotatable bonds is 12. The van der Waals surface area contributed by atoms with Crippen molar-refractivity contribution in [1.82, 2.24) is 9.44 Å². The van der Waals surface area contributed by atoms with Crippen LogP contribution in [0.15, 0.2) is 107 Å². The van der Waals surface area contributed by atoms with Crippen LogP contribution in [0.4, 0.5) is 0 Å². The van der Waals surface area contributed by atoms with Crippen LogP contribution in [0.2, 0.25) is 0 Å². The van der Waals surface area contributed by atoms with Gasteiger partial charge in [-0.25, -0.2) is 16.8 Å². The summed E-state index contributed by atoms with van der Waals surface area (Å²) in [4.78, 5) is 23.5. The minimum Gasteiger partial charge on any atom is -0.480 e. The molecule has 12 heteroatoms. The summed E-state index contributed by atoms with van der Waals surface area (Å²) in [5.41, 5.74) is 4.02. The maximum atomic E-state index is 13.2. The van der Waals surface area contributed by atoms with E-state index in [1.165, 1.54) is 24.3 Å². The van der Waals surface area contributed by atoms with Gasteiger partial charge in [0.05, 0.1) is 9.79 Å². The highest BCUT2D eigenvalue weighted by atomic mass is 32.2. The van der Waals surface area contributed by atoms with Crippen LogP contribution in [0, 0.1) is 0 Å². The zero-order valence-electron chi connectivity index (χ0n) is 22.7. The Hall–Kier alpha value is -4.36. The van der Waals surface area contributed by atoms with E-state index in [-0.39, 0.29) is 29.1 Å². The molecule has 0 saturated heterocycles. The summed E-state index contributed by atoms with van der Waals surface area (Å²) in [6.07, 6.45) is 0.159. The maximum absolute atomic E-state index is 13.2. The molecule has 10 nitrogen and oxygen atoms in total. The quantitative estimate of drug-likeness (QED) is 0.165. The second-order valence-corrected chi connectivity index (χ2v) is 13.6. The molecule has 0 radical (unpaired) electrons. The van der Waals surface area contributed by atoms with Crippen LogP contribution in [0.1, 0.15) is 22.3 Å². The summed E-state index contributed by atoms with van der Waals surface area (Å²) >= 11 is 0. The molecule has 1 aliphatic carbocycles. The first kappa shape index (κ1) is 30.1. The lowest BCUT2D eigenvalue weighted by Crippen LogP contribution is -2.42. The smallest absolute Gasteiger partial charge is 0.322 e. The molecule has 0 bridgehead atoms. The summed E-state index contributed by atoms with van der Waals surface area (Å²) in [6.45, 7) is 0. The van der Waals surface area contributed by atoms with E-state index in [4.69, 9.17) is 0 Å². The van der Waals surface area contributed by atoms with Crippen molar-refractivity contribution in [3.05, 3.63) is 119 Å². The molecular weight excluding hydrogens is 592 g/mol. The molecule has 4 aromatic carbocycles. The van der Waals surface area contributed by atoms with Gasteiger partial charge in [0.2, 0.25) is 20.0 Å². The third-order valence-corrected chi connectivity index (χ3v) is 10.1. The normalized spacial score (nSPS) is 14.0. The molecule has 0 fully saturated rings. The van der Waals surface area contributed by atoms with Crippen LogP contribution >= 0.6 is 0 Å². The predicted molar refractivity (Wildman–Crippen MR) is 158 cm³/mol. The number of carboxylic acid groups (broad SMARTS) is 2. The molecule has 222 valence electrons. The summed E-state index contributed by atoms with van der Waals surface area (Å²) in [6, 6.07) is 23.5. The number of carbonyl (C=O) groups is 2. The number of hydrogen-bond donors (Lipinski definition) is 4. The molecule has 0 spiro atoms. The number of aliphatic carboxylic acids is 2. The Bertz CT molecular complexity index is 1760. The molecule has 0 amide bonds. The van der Waals surface area contributed by atoms with Crippen molar-refractivity contribution in [2.24, 2.45) is 0 Å². The van der Waals surface area contributed by atoms with Gasteiger partial charge in [0.1, 0.15) is 12.1 Å². The molecule has 0 saturated carbocycles. The topological polar surface area (TPSA) is 167 Å². The van der Waals surface area contributed by atoms with Crippen LogP contribution in [-0.2, 0) is 48.9 Å². The van der Waals surface area contributed by atoms with Crippen molar-refractivity contribution >= 4 is 32.0 Å². The van der Waals surface area contributed by atoms with E-state index < -0.39 is 44.1 Å². The summed E-state index contributed by atoms with van der Waals surface area (Å²) in [7, 11) is -8.41. The largest absolute Gasteiger partial charge is 0.480 e. The first-order valence-corrected chi connectivity index (χ1v) is 16.2. The SMILES string of the molecule is O=C(O)[C@H](Cc1ccccc1)NS(=O)(=O)c1ccc2c(c1)Cc1cc(S(=O)(=O)N[C@@H](Cc3ccccc3)C(=O)O)ccc1-2. The molecule has 0 heterocycles. The maximum Gasteiger partial charge on any atom is 0.322 e. The molecule has 0 aliphatic heterocycles. The number of nitrogens with one attached hydrogen (secondary N) is 2. The Morgan fingerprint density at radius 3 is 1.33 bits per heavy atom. The molecule has 1 aliphatic rings. The lowest BCUT2D eigenvalue weighted by Gasteiger charge is -2.16. The van der Waals surface area contributed by atoms with Gasteiger partial charge in [0.15, 0.2) is 0 Å². The monoisotopic (exact) mass is 620 g/mol. The van der Waals surface area contributed by atoms with Gasteiger partial charge < -0.3 is 10.2 Å². The number of hydrogen-bond acceptors (Lipinski definition) is 6. The molecular formula is C31H28N2O8S2. The second kappa shape index (κ2) is 12.1. The van der Waals surface area contributed by atoms with Crippen LogP contribution in [-0.4, -0.2) is 51.1 Å². The minimum atomic E-state index is -4.20. The van der Waals surface area contributed by atoms with Gasteiger partial charge in [-0.2, -0.15) is 9.44 Å². The zero-order chi connectivity index (χ0) is 30.8. The number of sulfonamides is 2. The van der Waals surface area contributed by atoms with Gasteiger partial charge in [0.25, 0.3) is 0 Å². The van der Waals surface area contributed by atoms with Crippen molar-refractivity contribution in [2.45, 2.75) is 41.1 Å². The molecule has 0 unspecified atom stereocenters. The van der Waals surface area contributed by atoms with Gasteiger partial charge in [-0.3, -0.25) is 9.59 Å². The molecule has 4 aromatic rings. The van der Waals surface area contributed by atoms with Gasteiger partial charge in [0, 0.05) is 0 Å². The fraction of sp³-hybridized carbons (Fsp3) is 0.161. The van der Waals surface area contributed by atoms with Crippen molar-refractivity contribution in [1.29, 1.82) is 0 Å². The Morgan fingerprint density at radius 1 is 0.605 bits per heavy atom. The zero-order valence-corrected chi connectivity index (χ0v) is 24.3. The Labute approximate surface area is 249 Å². The van der Waals surface area contributed by atoms with Crippen molar-refractivity contribution in [3.8, 4) is 11.1 Å². The fourth-order valence-electron chi connectivity index (χ4n) is 5.07. The second-order valence-electron chi connectivity index (χ2n) is 10.2. The van der Waals surface area contributed by atoms with Crippen LogP contribution in [0.25, 0.3) is 11.1 Å². The Balaban J connectivity index is 1.34. The van der Waals surface area contributed by atoms with Gasteiger partial charge in [-0.05, 0) is 76.9 Å². The summed E-state index contributed by atoms with van der Waals surface area (Å²) < 4.78 is 57.3. The molecule has 0 aromatic heterocycles. The van der Waals surface area contributed by atoms with Gasteiger partial charge in [-0.1, -0.05) is 72.8 Å². The van der Waals surface area contributed by atoms with E-state index in [0.717, 1.165) is 11.1 Å². The van der Waals surface area contributed by atoms with Crippen LogP contribution in [0.5, 0.6) is 0 Å². The van der Waals surface area contributed by atoms with Crippen molar-refractivity contribution in [3.63, 3.8) is 0 Å². The highest BCUT2D eigenvalue weighted by molar-refractivity contribution is 7.89. The fourth-order valence-corrected chi connectivity index (χ4v) is 7.55. The standard InChI is InChI=1S/C31H28N2O8S2/c34-30(35)28(15-20-7-3-1-4-8-20)32-42(38,39)24-11-13-26-22(18-24)17-23-19-25(12-14-27(23)26)43(40,41)33-29(31(36)37)16-21-9-5-2-6-10-21/h1-14,18-19,28-29,32-33H,15-17H2,(H,34,35)(H,36,37)/t28-,29-/m0/s1. The van der Waals surface area contributed by atoms with Crippen LogP contribution in [0.3, 0.4) is 0 Å². The minimum absolute atomic E-state index is 0.0366. The van der Waals surface area contributed by atoms with Crippen molar-refractivity contribution < 1.29 is 36.6 Å². The summed E-state index contributed by atoms with van der Waals surface area (Å²) in [5.74, 6) is -2.62. The van der Waals surface area contributed by atoms with E-state index in [1.54, 1.807) is 72.8 Å². The van der Waals surface area contributed by atoms with Crippen LogP contribution < -0.4 is 9.44 Å². The summed E-state index contributed by atoms with van der Waals surface area (Å²) in [5, 5.41) is 19.3. The molecule has 5 rings (SSSR count). The number of benzene rings is 4. The predicted octanol–water partition coefficient (Wildman–Crippen LogP) is 3.21. The van der Waals surface area contributed by atoms with Gasteiger partial charge in [-0.15, -0.1) is 0 Å².